The van der Waals surface area contributed by atoms with Crippen molar-refractivity contribution in [3.63, 3.8) is 0 Å². The van der Waals surface area contributed by atoms with E-state index < -0.39 is 0 Å². The van der Waals surface area contributed by atoms with Crippen LogP contribution in [0.3, 0.4) is 0 Å². The molecule has 0 saturated carbocycles. The van der Waals surface area contributed by atoms with Crippen molar-refractivity contribution < 1.29 is 9.18 Å². The van der Waals surface area contributed by atoms with E-state index in [0.717, 1.165) is 0 Å². The van der Waals surface area contributed by atoms with Gasteiger partial charge >= 0.3 is 0 Å². The highest BCUT2D eigenvalue weighted by molar-refractivity contribution is 9.10. The normalized spacial score (nSPS) is 15.7. The van der Waals surface area contributed by atoms with Crippen LogP contribution in [0.4, 0.5) is 4.39 Å². The minimum atomic E-state index is -0.279. The van der Waals surface area contributed by atoms with Gasteiger partial charge in [0.1, 0.15) is 5.82 Å². The van der Waals surface area contributed by atoms with Crippen LogP contribution in [0.5, 0.6) is 0 Å². The predicted molar refractivity (Wildman–Crippen MR) is 54.6 cm³/mol. The Bertz CT molecular complexity index is 378. The average Bonchev–Trinajstić information content (AvgIpc) is 2.12. The smallest absolute Gasteiger partial charge is 0.174 e. The van der Waals surface area contributed by atoms with E-state index >= 15 is 0 Å². The number of halogens is 2. The van der Waals surface area contributed by atoms with Crippen molar-refractivity contribution in [3.05, 3.63) is 33.5 Å². The molecular weight excluding hydrogens is 255 g/mol. The van der Waals surface area contributed by atoms with Gasteiger partial charge in [0.2, 0.25) is 0 Å². The second-order valence-corrected chi connectivity index (χ2v) is 4.64. The predicted octanol–water partition coefficient (Wildman–Crippen LogP) is 3.02. The van der Waals surface area contributed by atoms with Crippen LogP contribution in [0.1, 0.15) is 15.9 Å². The zero-order valence-electron chi connectivity index (χ0n) is 6.64. The third kappa shape index (κ3) is 1.53. The van der Waals surface area contributed by atoms with Crippen LogP contribution in [0.2, 0.25) is 0 Å². The third-order valence-electron chi connectivity index (χ3n) is 1.96. The second kappa shape index (κ2) is 3.42. The summed E-state index contributed by atoms with van der Waals surface area (Å²) in [7, 11) is 0. The summed E-state index contributed by atoms with van der Waals surface area (Å²) in [5.74, 6) is 0.776. The number of fused-ring (bicyclic) bond motifs is 1. The topological polar surface area (TPSA) is 17.1 Å². The quantitative estimate of drug-likeness (QED) is 0.714. The number of thioether (sulfide) groups is 1. The number of hydrogen-bond donors (Lipinski definition) is 0. The van der Waals surface area contributed by atoms with Gasteiger partial charge in [0.25, 0.3) is 0 Å². The maximum absolute atomic E-state index is 13.2. The van der Waals surface area contributed by atoms with Crippen molar-refractivity contribution >= 4 is 33.5 Å². The molecule has 0 N–H and O–H groups in total. The summed E-state index contributed by atoms with van der Waals surface area (Å²) < 4.78 is 13.9. The zero-order valence-corrected chi connectivity index (χ0v) is 9.04. The molecule has 1 nitrogen and oxygen atoms in total. The Morgan fingerprint density at radius 2 is 2.15 bits per heavy atom. The van der Waals surface area contributed by atoms with Crippen LogP contribution in [-0.2, 0) is 5.75 Å². The molecule has 13 heavy (non-hydrogen) atoms. The first-order valence-electron chi connectivity index (χ1n) is 3.78. The van der Waals surface area contributed by atoms with E-state index in [4.69, 9.17) is 0 Å². The molecule has 0 aromatic heterocycles. The standard InChI is InChI=1S/C9H6BrFOS/c10-6-1-2-7(11)5-3-13-4-8(12)9(5)6/h1-2H,3-4H2. The highest BCUT2D eigenvalue weighted by atomic mass is 79.9. The molecule has 0 radical (unpaired) electrons. The van der Waals surface area contributed by atoms with Gasteiger partial charge in [-0.1, -0.05) is 15.9 Å². The van der Waals surface area contributed by atoms with Gasteiger partial charge in [0, 0.05) is 21.4 Å². The Balaban J connectivity index is 2.67. The Kier molecular flexibility index (Phi) is 2.43. The molecule has 1 aromatic rings. The van der Waals surface area contributed by atoms with E-state index in [-0.39, 0.29) is 11.6 Å². The molecule has 0 saturated heterocycles. The molecule has 0 unspecified atom stereocenters. The van der Waals surface area contributed by atoms with Crippen molar-refractivity contribution in [1.29, 1.82) is 0 Å². The van der Waals surface area contributed by atoms with Crippen LogP contribution >= 0.6 is 27.7 Å². The molecule has 2 rings (SSSR count). The molecular formula is C9H6BrFOS. The molecule has 68 valence electrons. The number of ketones is 1. The van der Waals surface area contributed by atoms with Gasteiger partial charge < -0.3 is 0 Å². The molecule has 0 atom stereocenters. The van der Waals surface area contributed by atoms with Gasteiger partial charge in [0.05, 0.1) is 5.75 Å². The second-order valence-electron chi connectivity index (χ2n) is 2.80. The first-order chi connectivity index (χ1) is 6.20. The first kappa shape index (κ1) is 9.21. The molecule has 0 spiro atoms. The van der Waals surface area contributed by atoms with E-state index in [1.165, 1.54) is 17.8 Å². The van der Waals surface area contributed by atoms with Crippen molar-refractivity contribution in [1.82, 2.24) is 0 Å². The lowest BCUT2D eigenvalue weighted by atomic mass is 10.0. The molecule has 0 aliphatic carbocycles. The summed E-state index contributed by atoms with van der Waals surface area (Å²) in [4.78, 5) is 11.4. The fourth-order valence-electron chi connectivity index (χ4n) is 1.35. The minimum absolute atomic E-state index is 0.0117. The Hall–Kier alpha value is -0.350. The third-order valence-corrected chi connectivity index (χ3v) is 3.58. The van der Waals surface area contributed by atoms with Gasteiger partial charge in [-0.3, -0.25) is 4.79 Å². The highest BCUT2D eigenvalue weighted by Crippen LogP contribution is 2.31. The Morgan fingerprint density at radius 1 is 1.38 bits per heavy atom. The lowest BCUT2D eigenvalue weighted by molar-refractivity contribution is 0.101. The number of carbonyl (C=O) groups is 1. The summed E-state index contributed by atoms with van der Waals surface area (Å²) in [6.07, 6.45) is 0. The van der Waals surface area contributed by atoms with E-state index in [0.29, 0.717) is 27.1 Å². The number of Topliss-reactive ketones (excluding diaryl/α,β-unsaturated/α-hetero) is 1. The fourth-order valence-corrected chi connectivity index (χ4v) is 2.87. The van der Waals surface area contributed by atoms with Crippen LogP contribution in [0, 0.1) is 5.82 Å². The number of carbonyl (C=O) groups excluding carboxylic acids is 1. The molecule has 0 bridgehead atoms. The maximum atomic E-state index is 13.2. The van der Waals surface area contributed by atoms with E-state index in [2.05, 4.69) is 15.9 Å². The van der Waals surface area contributed by atoms with Gasteiger partial charge in [0.15, 0.2) is 5.78 Å². The van der Waals surface area contributed by atoms with Crippen LogP contribution in [0.25, 0.3) is 0 Å². The van der Waals surface area contributed by atoms with Gasteiger partial charge in [-0.2, -0.15) is 0 Å². The van der Waals surface area contributed by atoms with Crippen molar-refractivity contribution in [3.8, 4) is 0 Å². The van der Waals surface area contributed by atoms with Crippen LogP contribution in [0.15, 0.2) is 16.6 Å². The Morgan fingerprint density at radius 3 is 2.85 bits per heavy atom. The fraction of sp³-hybridized carbons (Fsp3) is 0.222. The van der Waals surface area contributed by atoms with E-state index in [9.17, 15) is 9.18 Å². The number of hydrogen-bond acceptors (Lipinski definition) is 2. The largest absolute Gasteiger partial charge is 0.293 e. The molecule has 1 aliphatic rings. The van der Waals surface area contributed by atoms with Gasteiger partial charge in [-0.05, 0) is 12.1 Å². The lowest BCUT2D eigenvalue weighted by Crippen LogP contribution is -2.14. The summed E-state index contributed by atoms with van der Waals surface area (Å²) in [5.41, 5.74) is 1.06. The average molecular weight is 261 g/mol. The summed E-state index contributed by atoms with van der Waals surface area (Å²) in [5, 5.41) is 0. The molecule has 1 heterocycles. The number of rotatable bonds is 0. The minimum Gasteiger partial charge on any atom is -0.293 e. The SMILES string of the molecule is O=C1CSCc2c(F)ccc(Br)c21. The molecule has 0 amide bonds. The van der Waals surface area contributed by atoms with Crippen LogP contribution in [-0.4, -0.2) is 11.5 Å². The Labute approximate surface area is 87.8 Å². The highest BCUT2D eigenvalue weighted by Gasteiger charge is 2.22. The maximum Gasteiger partial charge on any atom is 0.174 e. The molecule has 4 heteroatoms. The summed E-state index contributed by atoms with van der Waals surface area (Å²) in [6.45, 7) is 0. The molecule has 1 aliphatic heterocycles. The first-order valence-corrected chi connectivity index (χ1v) is 5.72. The van der Waals surface area contributed by atoms with Crippen molar-refractivity contribution in [2.45, 2.75) is 5.75 Å². The van der Waals surface area contributed by atoms with Gasteiger partial charge in [-0.15, -0.1) is 11.8 Å². The number of benzene rings is 1. The molecule has 0 fully saturated rings. The zero-order chi connectivity index (χ0) is 9.42. The van der Waals surface area contributed by atoms with E-state index in [1.807, 2.05) is 0 Å². The van der Waals surface area contributed by atoms with Crippen LogP contribution < -0.4 is 0 Å². The lowest BCUT2D eigenvalue weighted by Gasteiger charge is -2.15. The molecule has 1 aromatic carbocycles. The monoisotopic (exact) mass is 260 g/mol. The van der Waals surface area contributed by atoms with Crippen molar-refractivity contribution in [2.24, 2.45) is 0 Å². The summed E-state index contributed by atoms with van der Waals surface area (Å²) >= 11 is 4.72. The van der Waals surface area contributed by atoms with Gasteiger partial charge in [-0.25, -0.2) is 4.39 Å². The van der Waals surface area contributed by atoms with Crippen molar-refractivity contribution in [2.75, 3.05) is 5.75 Å². The van der Waals surface area contributed by atoms with E-state index in [1.54, 1.807) is 6.07 Å². The summed E-state index contributed by atoms with van der Waals surface area (Å²) in [6, 6.07) is 2.98.